The number of carbonyl (C=O) groups excluding carboxylic acids is 1. The van der Waals surface area contributed by atoms with Crippen molar-refractivity contribution in [2.75, 3.05) is 0 Å². The maximum absolute atomic E-state index is 12.7. The summed E-state index contributed by atoms with van der Waals surface area (Å²) in [4.78, 5) is 30.9. The number of carbonyl (C=O) groups is 1. The van der Waals surface area contributed by atoms with E-state index in [1.807, 2.05) is 57.2 Å². The number of aromatic nitrogens is 2. The molecule has 0 unspecified atom stereocenters. The number of fused-ring (bicyclic) bond motifs is 1. The van der Waals surface area contributed by atoms with E-state index >= 15 is 0 Å². The van der Waals surface area contributed by atoms with Crippen molar-refractivity contribution in [3.63, 3.8) is 0 Å². The molecule has 3 rings (SSSR count). The van der Waals surface area contributed by atoms with E-state index in [0.29, 0.717) is 10.2 Å². The monoisotopic (exact) mass is 355 g/mol. The van der Waals surface area contributed by atoms with Gasteiger partial charge in [-0.1, -0.05) is 37.3 Å². The first-order valence-corrected chi connectivity index (χ1v) is 9.07. The molecule has 1 N–H and O–H groups in total. The molecule has 0 radical (unpaired) electrons. The fourth-order valence-electron chi connectivity index (χ4n) is 2.48. The molecule has 130 valence electrons. The molecule has 0 spiro atoms. The quantitative estimate of drug-likeness (QED) is 0.763. The van der Waals surface area contributed by atoms with E-state index in [1.165, 1.54) is 22.2 Å². The van der Waals surface area contributed by atoms with Crippen molar-refractivity contribution in [3.05, 3.63) is 53.1 Å². The first kappa shape index (κ1) is 17.4. The Hall–Kier alpha value is -2.47. The summed E-state index contributed by atoms with van der Waals surface area (Å²) in [7, 11) is 0. The molecule has 1 amide bonds. The predicted octanol–water partition coefficient (Wildman–Crippen LogP) is 3.43. The summed E-state index contributed by atoms with van der Waals surface area (Å²) >= 11 is 1.48. The van der Waals surface area contributed by atoms with Crippen LogP contribution in [0.1, 0.15) is 27.2 Å². The molecule has 0 aliphatic heterocycles. The van der Waals surface area contributed by atoms with E-state index < -0.39 is 0 Å². The molecule has 5 nitrogen and oxygen atoms in total. The summed E-state index contributed by atoms with van der Waals surface area (Å²) in [5, 5.41) is 3.49. The summed E-state index contributed by atoms with van der Waals surface area (Å²) in [6.07, 6.45) is 2.27. The van der Waals surface area contributed by atoms with Crippen LogP contribution >= 0.6 is 11.3 Å². The number of benzene rings is 1. The van der Waals surface area contributed by atoms with Crippen molar-refractivity contribution in [1.29, 1.82) is 0 Å². The van der Waals surface area contributed by atoms with Crippen molar-refractivity contribution in [1.82, 2.24) is 14.9 Å². The smallest absolute Gasteiger partial charge is 0.262 e. The van der Waals surface area contributed by atoms with Crippen molar-refractivity contribution in [2.24, 2.45) is 0 Å². The van der Waals surface area contributed by atoms with Gasteiger partial charge < -0.3 is 5.32 Å². The van der Waals surface area contributed by atoms with Gasteiger partial charge in [0.15, 0.2) is 0 Å². The van der Waals surface area contributed by atoms with Crippen LogP contribution in [0.25, 0.3) is 20.7 Å². The van der Waals surface area contributed by atoms with Crippen LogP contribution in [0.2, 0.25) is 0 Å². The third-order valence-corrected chi connectivity index (χ3v) is 5.34. The number of nitrogens with one attached hydrogen (secondary N) is 1. The largest absolute Gasteiger partial charge is 0.350 e. The minimum Gasteiger partial charge on any atom is -0.350 e. The lowest BCUT2D eigenvalue weighted by molar-refractivity contribution is -0.123. The molecule has 0 atom stereocenters. The Labute approximate surface area is 150 Å². The second-order valence-electron chi connectivity index (χ2n) is 6.66. The molecule has 6 heteroatoms. The van der Waals surface area contributed by atoms with Gasteiger partial charge in [-0.2, -0.15) is 0 Å². The SMILES string of the molecule is CCC(C)(C)NC(=O)Cn1cnc2sc(-c3ccccc3)cc2c1=O. The zero-order chi connectivity index (χ0) is 18.0. The van der Waals surface area contributed by atoms with Gasteiger partial charge in [0.25, 0.3) is 5.56 Å². The number of hydrogen-bond acceptors (Lipinski definition) is 4. The van der Waals surface area contributed by atoms with Gasteiger partial charge in [0, 0.05) is 10.4 Å². The maximum Gasteiger partial charge on any atom is 0.262 e. The van der Waals surface area contributed by atoms with Crippen LogP contribution in [0.15, 0.2) is 47.5 Å². The van der Waals surface area contributed by atoms with Crippen LogP contribution in [0, 0.1) is 0 Å². The summed E-state index contributed by atoms with van der Waals surface area (Å²) in [5.74, 6) is -0.186. The molecular formula is C19H21N3O2S. The number of hydrogen-bond donors (Lipinski definition) is 1. The van der Waals surface area contributed by atoms with Gasteiger partial charge in [-0.25, -0.2) is 4.98 Å². The van der Waals surface area contributed by atoms with Crippen molar-refractivity contribution >= 4 is 27.5 Å². The average Bonchev–Trinajstić information content (AvgIpc) is 3.03. The highest BCUT2D eigenvalue weighted by molar-refractivity contribution is 7.21. The lowest BCUT2D eigenvalue weighted by atomic mass is 10.0. The van der Waals surface area contributed by atoms with Crippen LogP contribution in [0.3, 0.4) is 0 Å². The Balaban J connectivity index is 1.90. The first-order valence-electron chi connectivity index (χ1n) is 8.25. The minimum atomic E-state index is -0.291. The van der Waals surface area contributed by atoms with Gasteiger partial charge in [-0.05, 0) is 31.9 Å². The topological polar surface area (TPSA) is 64.0 Å². The molecule has 25 heavy (non-hydrogen) atoms. The maximum atomic E-state index is 12.7. The van der Waals surface area contributed by atoms with E-state index in [1.54, 1.807) is 0 Å². The second kappa shape index (κ2) is 6.80. The van der Waals surface area contributed by atoms with E-state index in [2.05, 4.69) is 10.3 Å². The van der Waals surface area contributed by atoms with Crippen molar-refractivity contribution < 1.29 is 4.79 Å². The number of amides is 1. The van der Waals surface area contributed by atoms with E-state index in [0.717, 1.165) is 16.9 Å². The molecule has 3 aromatic rings. The van der Waals surface area contributed by atoms with Gasteiger partial charge in [-0.3, -0.25) is 14.2 Å². The molecule has 0 aliphatic carbocycles. The lowest BCUT2D eigenvalue weighted by Crippen LogP contribution is -2.45. The lowest BCUT2D eigenvalue weighted by Gasteiger charge is -2.24. The zero-order valence-electron chi connectivity index (χ0n) is 14.6. The van der Waals surface area contributed by atoms with Gasteiger partial charge >= 0.3 is 0 Å². The highest BCUT2D eigenvalue weighted by Crippen LogP contribution is 2.30. The zero-order valence-corrected chi connectivity index (χ0v) is 15.4. The molecule has 0 aliphatic rings. The molecular weight excluding hydrogens is 334 g/mol. The molecule has 1 aromatic carbocycles. The van der Waals surface area contributed by atoms with Crippen LogP contribution in [-0.2, 0) is 11.3 Å². The van der Waals surface area contributed by atoms with Gasteiger partial charge in [-0.15, -0.1) is 11.3 Å². The Kier molecular flexibility index (Phi) is 4.72. The van der Waals surface area contributed by atoms with Crippen molar-refractivity contribution in [3.8, 4) is 10.4 Å². The minimum absolute atomic E-state index is 0.0261. The number of rotatable bonds is 5. The third-order valence-electron chi connectivity index (χ3n) is 4.25. The van der Waals surface area contributed by atoms with Crippen LogP contribution in [0.4, 0.5) is 0 Å². The molecule has 2 aromatic heterocycles. The molecule has 0 saturated carbocycles. The van der Waals surface area contributed by atoms with Gasteiger partial charge in [0.1, 0.15) is 11.4 Å². The Morgan fingerprint density at radius 2 is 2.00 bits per heavy atom. The first-order chi connectivity index (χ1) is 11.9. The fraction of sp³-hybridized carbons (Fsp3) is 0.316. The molecule has 0 fully saturated rings. The predicted molar refractivity (Wildman–Crippen MR) is 102 cm³/mol. The number of thiophene rings is 1. The van der Waals surface area contributed by atoms with Crippen molar-refractivity contribution in [2.45, 2.75) is 39.3 Å². The second-order valence-corrected chi connectivity index (χ2v) is 7.69. The summed E-state index contributed by atoms with van der Waals surface area (Å²) in [5.41, 5.74) is 0.577. The summed E-state index contributed by atoms with van der Waals surface area (Å²) in [6.45, 7) is 5.90. The van der Waals surface area contributed by atoms with E-state index in [-0.39, 0.29) is 23.6 Å². The highest BCUT2D eigenvalue weighted by Gasteiger charge is 2.19. The normalized spacial score (nSPS) is 11.6. The summed E-state index contributed by atoms with van der Waals surface area (Å²) < 4.78 is 1.37. The van der Waals surface area contributed by atoms with Crippen LogP contribution < -0.4 is 10.9 Å². The van der Waals surface area contributed by atoms with Gasteiger partial charge in [0.2, 0.25) is 5.91 Å². The Bertz CT molecular complexity index is 958. The Morgan fingerprint density at radius 1 is 1.28 bits per heavy atom. The average molecular weight is 355 g/mol. The third kappa shape index (κ3) is 3.79. The standard InChI is InChI=1S/C19H21N3O2S/c1-4-19(2,3)21-16(23)11-22-12-20-17-14(18(22)24)10-15(25-17)13-8-6-5-7-9-13/h5-10,12H,4,11H2,1-3H3,(H,21,23). The molecule has 0 saturated heterocycles. The Morgan fingerprint density at radius 3 is 2.68 bits per heavy atom. The molecule has 0 bridgehead atoms. The molecule has 2 heterocycles. The van der Waals surface area contributed by atoms with Crippen LogP contribution in [0.5, 0.6) is 0 Å². The fourth-order valence-corrected chi connectivity index (χ4v) is 3.47. The summed E-state index contributed by atoms with van der Waals surface area (Å²) in [6, 6.07) is 11.7. The van der Waals surface area contributed by atoms with E-state index in [9.17, 15) is 9.59 Å². The number of nitrogens with zero attached hydrogens (tertiary/aromatic N) is 2. The highest BCUT2D eigenvalue weighted by atomic mass is 32.1. The van der Waals surface area contributed by atoms with Gasteiger partial charge in [0.05, 0.1) is 11.7 Å². The van der Waals surface area contributed by atoms with Crippen LogP contribution in [-0.4, -0.2) is 21.0 Å². The van der Waals surface area contributed by atoms with E-state index in [4.69, 9.17) is 0 Å².